The molecule has 2 fully saturated rings. The van der Waals surface area contributed by atoms with Crippen molar-refractivity contribution in [1.29, 1.82) is 0 Å². The summed E-state index contributed by atoms with van der Waals surface area (Å²) in [6.45, 7) is 4.26. The summed E-state index contributed by atoms with van der Waals surface area (Å²) in [5.74, 6) is 0.677. The van der Waals surface area contributed by atoms with Crippen LogP contribution in [0.25, 0.3) is 0 Å². The molecule has 1 N–H and O–H groups in total. The van der Waals surface area contributed by atoms with Crippen LogP contribution in [-0.2, 0) is 15.7 Å². The average molecular weight is 570 g/mol. The lowest BCUT2D eigenvalue weighted by molar-refractivity contribution is -0.141. The van der Waals surface area contributed by atoms with Gasteiger partial charge in [0.1, 0.15) is 12.4 Å². The number of benzene rings is 1. The van der Waals surface area contributed by atoms with E-state index in [0.717, 1.165) is 18.9 Å². The lowest BCUT2D eigenvalue weighted by Crippen LogP contribution is -2.50. The zero-order chi connectivity index (χ0) is 22.3. The lowest BCUT2D eigenvalue weighted by atomic mass is 9.95. The number of piperidine rings is 1. The van der Waals surface area contributed by atoms with Crippen molar-refractivity contribution in [2.24, 2.45) is 10.9 Å². The van der Waals surface area contributed by atoms with Crippen LogP contribution in [0.2, 0.25) is 0 Å². The Morgan fingerprint density at radius 2 is 1.81 bits per heavy atom. The third-order valence-corrected chi connectivity index (χ3v) is 5.51. The minimum atomic E-state index is -4.46. The molecule has 0 bridgehead atoms. The van der Waals surface area contributed by atoms with Gasteiger partial charge in [-0.3, -0.25) is 9.79 Å². The summed E-state index contributed by atoms with van der Waals surface area (Å²) in [4.78, 5) is 20.9. The first-order valence-electron chi connectivity index (χ1n) is 10.5. The minimum absolute atomic E-state index is 0. The number of rotatable bonds is 5. The number of morpholine rings is 1. The smallest absolute Gasteiger partial charge is 0.419 e. The number of halogens is 4. The predicted octanol–water partition coefficient (Wildman–Crippen LogP) is 2.85. The van der Waals surface area contributed by atoms with E-state index in [0.29, 0.717) is 51.9 Å². The molecule has 1 aromatic rings. The molecular formula is C21H30F3IN4O3. The van der Waals surface area contributed by atoms with Gasteiger partial charge in [0.15, 0.2) is 5.96 Å². The van der Waals surface area contributed by atoms with Crippen molar-refractivity contribution in [2.45, 2.75) is 19.0 Å². The van der Waals surface area contributed by atoms with Crippen molar-refractivity contribution >= 4 is 35.8 Å². The summed E-state index contributed by atoms with van der Waals surface area (Å²) in [7, 11) is 1.66. The van der Waals surface area contributed by atoms with Crippen LogP contribution in [0.15, 0.2) is 29.3 Å². The molecule has 2 aliphatic heterocycles. The molecule has 0 atom stereocenters. The van der Waals surface area contributed by atoms with Gasteiger partial charge in [-0.15, -0.1) is 24.0 Å². The molecule has 11 heteroatoms. The molecule has 3 rings (SSSR count). The second kappa shape index (κ2) is 12.5. The molecule has 0 aliphatic carbocycles. The molecule has 0 spiro atoms. The predicted molar refractivity (Wildman–Crippen MR) is 125 cm³/mol. The molecule has 0 saturated carbocycles. The molecular weight excluding hydrogens is 540 g/mol. The lowest BCUT2D eigenvalue weighted by Gasteiger charge is -2.36. The highest BCUT2D eigenvalue weighted by Gasteiger charge is 2.34. The molecule has 7 nitrogen and oxygen atoms in total. The third-order valence-electron chi connectivity index (χ3n) is 5.51. The van der Waals surface area contributed by atoms with Crippen LogP contribution < -0.4 is 10.1 Å². The number of nitrogens with one attached hydrogen (secondary N) is 1. The van der Waals surface area contributed by atoms with Crippen molar-refractivity contribution in [2.75, 3.05) is 59.6 Å². The standard InChI is InChI=1S/C21H29F3N4O3.HI/c1-25-20(26-8-13-31-18-5-3-2-4-17(18)21(22,23)24)28-9-6-16(7-10-28)19(29)27-11-14-30-15-12-27;/h2-5,16H,6-15H2,1H3,(H,25,26);1H. The highest BCUT2D eigenvalue weighted by atomic mass is 127. The van der Waals surface area contributed by atoms with Crippen molar-refractivity contribution < 1.29 is 27.4 Å². The number of guanidine groups is 1. The number of carbonyl (C=O) groups excluding carboxylic acids is 1. The number of para-hydroxylation sites is 1. The Kier molecular flexibility index (Phi) is 10.3. The minimum Gasteiger partial charge on any atom is -0.491 e. The zero-order valence-corrected chi connectivity index (χ0v) is 20.4. The molecule has 180 valence electrons. The Balaban J connectivity index is 0.00000363. The Bertz CT molecular complexity index is 765. The number of nitrogens with zero attached hydrogens (tertiary/aromatic N) is 3. The van der Waals surface area contributed by atoms with Crippen molar-refractivity contribution in [3.8, 4) is 5.75 Å². The largest absolute Gasteiger partial charge is 0.491 e. The molecule has 32 heavy (non-hydrogen) atoms. The van der Waals surface area contributed by atoms with Gasteiger partial charge in [-0.25, -0.2) is 0 Å². The Morgan fingerprint density at radius 1 is 1.16 bits per heavy atom. The Labute approximate surface area is 203 Å². The van der Waals surface area contributed by atoms with Crippen LogP contribution in [0, 0.1) is 5.92 Å². The van der Waals surface area contributed by atoms with Crippen LogP contribution in [0.1, 0.15) is 18.4 Å². The average Bonchev–Trinajstić information content (AvgIpc) is 2.79. The van der Waals surface area contributed by atoms with Crippen LogP contribution in [0.3, 0.4) is 0 Å². The fourth-order valence-corrected chi connectivity index (χ4v) is 3.86. The summed E-state index contributed by atoms with van der Waals surface area (Å²) in [5, 5.41) is 3.13. The number of carbonyl (C=O) groups is 1. The second-order valence-corrected chi connectivity index (χ2v) is 7.52. The van der Waals surface area contributed by atoms with Gasteiger partial charge >= 0.3 is 6.18 Å². The van der Waals surface area contributed by atoms with Crippen LogP contribution in [-0.4, -0.2) is 81.3 Å². The molecule has 0 aromatic heterocycles. The van der Waals surface area contributed by atoms with Gasteiger partial charge in [0, 0.05) is 39.1 Å². The number of amides is 1. The molecule has 2 saturated heterocycles. The van der Waals surface area contributed by atoms with E-state index >= 15 is 0 Å². The normalized spacial score (nSPS) is 18.2. The summed E-state index contributed by atoms with van der Waals surface area (Å²) >= 11 is 0. The van der Waals surface area contributed by atoms with Gasteiger partial charge in [-0.1, -0.05) is 12.1 Å². The Hall–Kier alpha value is -1.76. The van der Waals surface area contributed by atoms with E-state index < -0.39 is 11.7 Å². The number of hydrogen-bond acceptors (Lipinski definition) is 4. The highest BCUT2D eigenvalue weighted by Crippen LogP contribution is 2.35. The molecule has 0 radical (unpaired) electrons. The Morgan fingerprint density at radius 3 is 2.44 bits per heavy atom. The highest BCUT2D eigenvalue weighted by molar-refractivity contribution is 14.0. The van der Waals surface area contributed by atoms with E-state index in [4.69, 9.17) is 9.47 Å². The zero-order valence-electron chi connectivity index (χ0n) is 18.1. The number of ether oxygens (including phenoxy) is 2. The molecule has 1 aromatic carbocycles. The summed E-state index contributed by atoms with van der Waals surface area (Å²) in [5.41, 5.74) is -0.786. The van der Waals surface area contributed by atoms with Crippen molar-refractivity contribution in [1.82, 2.24) is 15.1 Å². The SMILES string of the molecule is CN=C(NCCOc1ccccc1C(F)(F)F)N1CCC(C(=O)N2CCOCC2)CC1.I. The van der Waals surface area contributed by atoms with Gasteiger partial charge in [0.05, 0.1) is 25.3 Å². The first kappa shape index (κ1) is 26.5. The number of aliphatic imine (C=N–C) groups is 1. The van der Waals surface area contributed by atoms with Gasteiger partial charge in [-0.05, 0) is 25.0 Å². The quantitative estimate of drug-likeness (QED) is 0.256. The molecule has 2 aliphatic rings. The maximum Gasteiger partial charge on any atom is 0.419 e. The molecule has 1 amide bonds. The van der Waals surface area contributed by atoms with Gasteiger partial charge in [-0.2, -0.15) is 13.2 Å². The number of likely N-dealkylation sites (tertiary alicyclic amines) is 1. The van der Waals surface area contributed by atoms with E-state index in [1.807, 2.05) is 4.90 Å². The monoisotopic (exact) mass is 570 g/mol. The van der Waals surface area contributed by atoms with Crippen LogP contribution in [0.5, 0.6) is 5.75 Å². The second-order valence-electron chi connectivity index (χ2n) is 7.52. The third kappa shape index (κ3) is 7.12. The number of alkyl halides is 3. The molecule has 2 heterocycles. The summed E-state index contributed by atoms with van der Waals surface area (Å²) in [6, 6.07) is 5.17. The van der Waals surface area contributed by atoms with E-state index in [-0.39, 0.29) is 48.2 Å². The first-order valence-corrected chi connectivity index (χ1v) is 10.5. The van der Waals surface area contributed by atoms with Gasteiger partial charge in [0.2, 0.25) is 5.91 Å². The topological polar surface area (TPSA) is 66.4 Å². The first-order chi connectivity index (χ1) is 14.9. The number of hydrogen-bond donors (Lipinski definition) is 1. The van der Waals surface area contributed by atoms with Crippen LogP contribution in [0.4, 0.5) is 13.2 Å². The summed E-state index contributed by atoms with van der Waals surface area (Å²) in [6.07, 6.45) is -2.97. The summed E-state index contributed by atoms with van der Waals surface area (Å²) < 4.78 is 49.8. The van der Waals surface area contributed by atoms with E-state index in [9.17, 15) is 18.0 Å². The fourth-order valence-electron chi connectivity index (χ4n) is 3.86. The van der Waals surface area contributed by atoms with Crippen LogP contribution >= 0.6 is 24.0 Å². The van der Waals surface area contributed by atoms with Gasteiger partial charge in [0.25, 0.3) is 0 Å². The van der Waals surface area contributed by atoms with E-state index in [1.165, 1.54) is 18.2 Å². The van der Waals surface area contributed by atoms with Gasteiger partial charge < -0.3 is 24.6 Å². The van der Waals surface area contributed by atoms with Crippen molar-refractivity contribution in [3.63, 3.8) is 0 Å². The maximum absolute atomic E-state index is 13.0. The van der Waals surface area contributed by atoms with E-state index in [2.05, 4.69) is 15.2 Å². The van der Waals surface area contributed by atoms with Crippen molar-refractivity contribution in [3.05, 3.63) is 29.8 Å². The maximum atomic E-state index is 13.0. The fraction of sp³-hybridized carbons (Fsp3) is 0.619. The van der Waals surface area contributed by atoms with E-state index in [1.54, 1.807) is 7.05 Å². The molecule has 0 unspecified atom stereocenters.